The van der Waals surface area contributed by atoms with Crippen LogP contribution < -0.4 is 0 Å². The fourth-order valence-electron chi connectivity index (χ4n) is 2.02. The quantitative estimate of drug-likeness (QED) is 0.169. The number of hydrogen-bond donors (Lipinski definition) is 0. The normalized spacial score (nSPS) is 14.8. The van der Waals surface area contributed by atoms with Gasteiger partial charge < -0.3 is 9.47 Å². The van der Waals surface area contributed by atoms with Gasteiger partial charge in [0.1, 0.15) is 12.7 Å². The van der Waals surface area contributed by atoms with Crippen LogP contribution in [0, 0.1) is 0 Å². The van der Waals surface area contributed by atoms with E-state index >= 15 is 0 Å². The Hall–Kier alpha value is -2.49. The van der Waals surface area contributed by atoms with Gasteiger partial charge in [-0.25, -0.2) is 9.59 Å². The minimum atomic E-state index is -8.02. The Kier molecular flexibility index (Phi) is 9.52. The van der Waals surface area contributed by atoms with Crippen LogP contribution in [0.5, 0.6) is 0 Å². The van der Waals surface area contributed by atoms with E-state index in [0.717, 1.165) is 13.8 Å². The lowest BCUT2D eigenvalue weighted by Gasteiger charge is -2.40. The number of rotatable bonds is 12. The maximum Gasteiger partial charge on any atom is 0.460 e. The van der Waals surface area contributed by atoms with E-state index in [9.17, 15) is 66.7 Å². The maximum atomic E-state index is 13.9. The molecule has 0 aromatic carbocycles. The molecule has 0 aliphatic heterocycles. The van der Waals surface area contributed by atoms with Crippen LogP contribution in [0.1, 0.15) is 26.7 Å². The lowest BCUT2D eigenvalue weighted by atomic mass is 9.91. The average Bonchev–Trinajstić information content (AvgIpc) is 2.67. The summed E-state index contributed by atoms with van der Waals surface area (Å²) in [6.07, 6.45) is -13.9. The molecule has 0 aliphatic carbocycles. The van der Waals surface area contributed by atoms with Crippen molar-refractivity contribution in [1.29, 1.82) is 0 Å². The van der Waals surface area contributed by atoms with Crippen LogP contribution in [0.3, 0.4) is 0 Å². The molecule has 0 rings (SSSR count). The monoisotopic (exact) mass is 544 g/mol. The molecule has 204 valence electrons. The Bertz CT molecular complexity index is 831. The first-order valence-corrected chi connectivity index (χ1v) is 8.92. The zero-order valence-electron chi connectivity index (χ0n) is 17.7. The van der Waals surface area contributed by atoms with E-state index in [-0.39, 0.29) is 5.57 Å². The molecule has 0 fully saturated rings. The van der Waals surface area contributed by atoms with Crippen molar-refractivity contribution in [2.24, 2.45) is 0 Å². The van der Waals surface area contributed by atoms with Crippen LogP contribution in [-0.4, -0.2) is 60.4 Å². The lowest BCUT2D eigenvalue weighted by molar-refractivity contribution is -0.440. The van der Waals surface area contributed by atoms with Gasteiger partial charge in [0.15, 0.2) is 0 Å². The van der Waals surface area contributed by atoms with Crippen molar-refractivity contribution in [1.82, 2.24) is 0 Å². The summed E-state index contributed by atoms with van der Waals surface area (Å²) < 4.78 is 180. The van der Waals surface area contributed by atoms with Crippen LogP contribution in [0.25, 0.3) is 0 Å². The molecule has 0 bridgehead atoms. The zero-order valence-corrected chi connectivity index (χ0v) is 17.7. The van der Waals surface area contributed by atoms with Crippen LogP contribution in [-0.2, 0) is 19.1 Å². The molecular formula is C18H17F13O4. The second kappa shape index (κ2) is 10.2. The molecule has 0 amide bonds. The standard InChI is InChI=1S/C18H17F13O4/c1-8(2)11(32)34-7-10(35-12(33)9(3)4)5-6-13(19,20)14(21,22)15(23,24)16(25,26)17(27,28)18(29,30)31/h10H,1,3,5-7H2,2,4H3. The minimum absolute atomic E-state index is 0.292. The fourth-order valence-corrected chi connectivity index (χ4v) is 2.02. The Balaban J connectivity index is 6.00. The summed E-state index contributed by atoms with van der Waals surface area (Å²) in [5.74, 6) is -40.2. The van der Waals surface area contributed by atoms with E-state index in [4.69, 9.17) is 0 Å². The molecule has 0 spiro atoms. The van der Waals surface area contributed by atoms with Crippen molar-refractivity contribution in [2.45, 2.75) is 68.6 Å². The van der Waals surface area contributed by atoms with Gasteiger partial charge in [-0.15, -0.1) is 0 Å². The van der Waals surface area contributed by atoms with Gasteiger partial charge in [-0.1, -0.05) is 13.2 Å². The summed E-state index contributed by atoms with van der Waals surface area (Å²) in [6.45, 7) is 7.11. The Morgan fingerprint density at radius 2 is 1.09 bits per heavy atom. The summed E-state index contributed by atoms with van der Waals surface area (Å²) in [7, 11) is 0. The van der Waals surface area contributed by atoms with Gasteiger partial charge in [0, 0.05) is 17.6 Å². The van der Waals surface area contributed by atoms with E-state index in [0.29, 0.717) is 0 Å². The number of halogens is 13. The molecule has 35 heavy (non-hydrogen) atoms. The van der Waals surface area contributed by atoms with Crippen LogP contribution in [0.15, 0.2) is 24.3 Å². The first kappa shape index (κ1) is 32.5. The summed E-state index contributed by atoms with van der Waals surface area (Å²) in [4.78, 5) is 22.9. The molecule has 0 saturated carbocycles. The van der Waals surface area contributed by atoms with Crippen molar-refractivity contribution in [3.63, 3.8) is 0 Å². The van der Waals surface area contributed by atoms with Crippen LogP contribution in [0.2, 0.25) is 0 Å². The third-order valence-corrected chi connectivity index (χ3v) is 4.15. The molecule has 0 heterocycles. The molecule has 1 unspecified atom stereocenters. The molecular weight excluding hydrogens is 527 g/mol. The predicted octanol–water partition coefficient (Wildman–Crippen LogP) is 6.11. The summed E-state index contributed by atoms with van der Waals surface area (Å²) in [5.41, 5.74) is -0.710. The Morgan fingerprint density at radius 1 is 0.686 bits per heavy atom. The molecule has 0 N–H and O–H groups in total. The highest BCUT2D eigenvalue weighted by atomic mass is 19.4. The lowest BCUT2D eigenvalue weighted by Crippen LogP contribution is -2.70. The number of alkyl halides is 13. The second-order valence-electron chi connectivity index (χ2n) is 7.22. The molecule has 1 atom stereocenters. The molecule has 0 aromatic heterocycles. The number of hydrogen-bond acceptors (Lipinski definition) is 4. The van der Waals surface area contributed by atoms with E-state index in [1.807, 2.05) is 0 Å². The Labute approximate surface area is 188 Å². The van der Waals surface area contributed by atoms with E-state index in [1.165, 1.54) is 0 Å². The molecule has 0 radical (unpaired) electrons. The van der Waals surface area contributed by atoms with Crippen LogP contribution in [0.4, 0.5) is 57.1 Å². The Morgan fingerprint density at radius 3 is 1.46 bits per heavy atom. The van der Waals surface area contributed by atoms with Gasteiger partial charge in [-0.3, -0.25) is 0 Å². The molecule has 0 aromatic rings. The minimum Gasteiger partial charge on any atom is -0.458 e. The highest BCUT2D eigenvalue weighted by Crippen LogP contribution is 2.60. The van der Waals surface area contributed by atoms with Gasteiger partial charge in [0.2, 0.25) is 0 Å². The number of esters is 2. The van der Waals surface area contributed by atoms with Crippen molar-refractivity contribution < 1.29 is 76.1 Å². The maximum absolute atomic E-state index is 13.9. The SMILES string of the molecule is C=C(C)C(=O)OCC(CCC(F)(F)C(F)(F)C(F)(F)C(F)(F)C(F)(F)C(F)(F)F)OC(=O)C(=C)C. The van der Waals surface area contributed by atoms with Crippen molar-refractivity contribution >= 4 is 11.9 Å². The third-order valence-electron chi connectivity index (χ3n) is 4.15. The number of carbonyl (C=O) groups is 2. The van der Waals surface area contributed by atoms with E-state index in [1.54, 1.807) is 0 Å². The highest BCUT2D eigenvalue weighted by molar-refractivity contribution is 5.87. The zero-order chi connectivity index (χ0) is 28.4. The van der Waals surface area contributed by atoms with Gasteiger partial charge in [-0.2, -0.15) is 57.1 Å². The number of carbonyl (C=O) groups excluding carboxylic acids is 2. The predicted molar refractivity (Wildman–Crippen MR) is 90.5 cm³/mol. The molecule has 0 aliphatic rings. The first-order valence-electron chi connectivity index (χ1n) is 8.92. The topological polar surface area (TPSA) is 52.6 Å². The second-order valence-corrected chi connectivity index (χ2v) is 7.22. The average molecular weight is 544 g/mol. The smallest absolute Gasteiger partial charge is 0.458 e. The summed E-state index contributed by atoms with van der Waals surface area (Å²) >= 11 is 0. The summed E-state index contributed by atoms with van der Waals surface area (Å²) in [5, 5.41) is 0. The largest absolute Gasteiger partial charge is 0.460 e. The molecule has 0 saturated heterocycles. The molecule has 4 nitrogen and oxygen atoms in total. The van der Waals surface area contributed by atoms with E-state index in [2.05, 4.69) is 22.6 Å². The highest BCUT2D eigenvalue weighted by Gasteiger charge is 2.90. The number of ether oxygens (including phenoxy) is 2. The fraction of sp³-hybridized carbons (Fsp3) is 0.667. The van der Waals surface area contributed by atoms with Gasteiger partial charge in [0.25, 0.3) is 0 Å². The van der Waals surface area contributed by atoms with Crippen molar-refractivity contribution in [3.8, 4) is 0 Å². The van der Waals surface area contributed by atoms with Gasteiger partial charge in [-0.05, 0) is 20.3 Å². The van der Waals surface area contributed by atoms with Crippen LogP contribution >= 0.6 is 0 Å². The van der Waals surface area contributed by atoms with Gasteiger partial charge in [0.05, 0.1) is 0 Å². The summed E-state index contributed by atoms with van der Waals surface area (Å²) in [6, 6.07) is 0. The van der Waals surface area contributed by atoms with Crippen molar-refractivity contribution in [2.75, 3.05) is 6.61 Å². The van der Waals surface area contributed by atoms with E-state index < -0.39 is 78.9 Å². The third kappa shape index (κ3) is 6.39. The first-order chi connectivity index (χ1) is 15.3. The van der Waals surface area contributed by atoms with Gasteiger partial charge >= 0.3 is 47.7 Å². The molecule has 17 heteroatoms. The van der Waals surface area contributed by atoms with Crippen molar-refractivity contribution in [3.05, 3.63) is 24.3 Å².